The van der Waals surface area contributed by atoms with Crippen LogP contribution in [-0.4, -0.2) is 11.4 Å². The van der Waals surface area contributed by atoms with Gasteiger partial charge in [0.15, 0.2) is 0 Å². The lowest BCUT2D eigenvalue weighted by Gasteiger charge is -2.45. The van der Waals surface area contributed by atoms with E-state index in [9.17, 15) is 4.79 Å². The Hall–Kier alpha value is -0.530. The van der Waals surface area contributed by atoms with Crippen LogP contribution in [0.5, 0.6) is 0 Å². The van der Waals surface area contributed by atoms with Gasteiger partial charge in [0.05, 0.1) is 0 Å². The molecule has 0 saturated heterocycles. The van der Waals surface area contributed by atoms with Crippen LogP contribution in [0.15, 0.2) is 0 Å². The number of carbonyl (C=O) groups is 1. The van der Waals surface area contributed by atoms with Crippen molar-refractivity contribution in [2.24, 2.45) is 17.3 Å². The molecule has 2 aliphatic carbocycles. The molecule has 2 fully saturated rings. The van der Waals surface area contributed by atoms with Crippen molar-refractivity contribution in [2.75, 3.05) is 0 Å². The maximum atomic E-state index is 11.3. The quantitative estimate of drug-likeness (QED) is 0.683. The minimum atomic E-state index is 0.100. The highest BCUT2D eigenvalue weighted by Crippen LogP contribution is 2.61. The molecule has 2 bridgehead atoms. The number of hydrogen-bond donors (Lipinski definition) is 1. The fourth-order valence-corrected chi connectivity index (χ4v) is 3.73. The Labute approximate surface area is 86.5 Å². The molecule has 0 aromatic carbocycles. The first-order valence-electron chi connectivity index (χ1n) is 5.68. The Balaban J connectivity index is 2.30. The summed E-state index contributed by atoms with van der Waals surface area (Å²) < 4.78 is 0. The Bertz CT molecular complexity index is 271. The molecule has 0 heterocycles. The van der Waals surface area contributed by atoms with Crippen molar-refractivity contribution in [3.05, 3.63) is 0 Å². The van der Waals surface area contributed by atoms with Crippen molar-refractivity contribution < 1.29 is 4.79 Å². The van der Waals surface area contributed by atoms with Crippen molar-refractivity contribution in [2.45, 2.75) is 52.5 Å². The lowest BCUT2D eigenvalue weighted by molar-refractivity contribution is -0.122. The zero-order valence-electron chi connectivity index (χ0n) is 9.68. The van der Waals surface area contributed by atoms with Gasteiger partial charge in [-0.25, -0.2) is 0 Å². The number of nitrogens with one attached hydrogen (secondary N) is 1. The molecule has 3 atom stereocenters. The maximum Gasteiger partial charge on any atom is 0.217 e. The van der Waals surface area contributed by atoms with Gasteiger partial charge in [0, 0.05) is 12.5 Å². The van der Waals surface area contributed by atoms with Gasteiger partial charge in [0.2, 0.25) is 5.91 Å². The highest BCUT2D eigenvalue weighted by atomic mass is 16.1. The molecular weight excluding hydrogens is 174 g/mol. The normalized spacial score (nSPS) is 44.0. The van der Waals surface area contributed by atoms with Gasteiger partial charge < -0.3 is 5.32 Å². The number of fused-ring (bicyclic) bond motifs is 2. The largest absolute Gasteiger partial charge is 0.350 e. The molecule has 0 aliphatic heterocycles. The highest BCUT2D eigenvalue weighted by Gasteiger charge is 2.61. The first kappa shape index (κ1) is 10.0. The molecule has 0 aromatic rings. The van der Waals surface area contributed by atoms with E-state index in [1.165, 1.54) is 19.3 Å². The Morgan fingerprint density at radius 3 is 2.50 bits per heavy atom. The molecule has 2 heteroatoms. The predicted molar refractivity (Wildman–Crippen MR) is 56.8 cm³/mol. The zero-order chi connectivity index (χ0) is 10.6. The van der Waals surface area contributed by atoms with Crippen LogP contribution in [0.2, 0.25) is 0 Å². The topological polar surface area (TPSA) is 29.1 Å². The van der Waals surface area contributed by atoms with Crippen molar-refractivity contribution in [1.29, 1.82) is 0 Å². The summed E-state index contributed by atoms with van der Waals surface area (Å²) in [6.07, 6.45) is 3.67. The molecule has 2 nitrogen and oxygen atoms in total. The van der Waals surface area contributed by atoms with Crippen LogP contribution < -0.4 is 5.32 Å². The smallest absolute Gasteiger partial charge is 0.217 e. The fourth-order valence-electron chi connectivity index (χ4n) is 3.73. The third kappa shape index (κ3) is 1.06. The van der Waals surface area contributed by atoms with Gasteiger partial charge in [-0.2, -0.15) is 0 Å². The summed E-state index contributed by atoms with van der Waals surface area (Å²) in [5.41, 5.74) is 0.366. The summed E-state index contributed by atoms with van der Waals surface area (Å²) in [7, 11) is 0. The van der Waals surface area contributed by atoms with Crippen LogP contribution in [-0.2, 0) is 4.79 Å². The molecule has 2 aliphatic rings. The molecule has 0 spiro atoms. The van der Waals surface area contributed by atoms with Gasteiger partial charge in [-0.3, -0.25) is 4.79 Å². The van der Waals surface area contributed by atoms with E-state index < -0.39 is 0 Å². The molecule has 14 heavy (non-hydrogen) atoms. The van der Waals surface area contributed by atoms with Gasteiger partial charge in [-0.05, 0) is 36.5 Å². The molecule has 0 unspecified atom stereocenters. The molecule has 2 saturated carbocycles. The molecule has 80 valence electrons. The molecule has 0 aromatic heterocycles. The second-order valence-corrected chi connectivity index (χ2v) is 5.78. The van der Waals surface area contributed by atoms with E-state index in [-0.39, 0.29) is 16.9 Å². The minimum absolute atomic E-state index is 0.100. The average Bonchev–Trinajstić information content (AvgIpc) is 2.52. The lowest BCUT2D eigenvalue weighted by Crippen LogP contribution is -2.55. The monoisotopic (exact) mass is 195 g/mol. The molecule has 1 N–H and O–H groups in total. The summed E-state index contributed by atoms with van der Waals surface area (Å²) in [5.74, 6) is 1.70. The lowest BCUT2D eigenvalue weighted by atomic mass is 9.65. The van der Waals surface area contributed by atoms with E-state index in [1.54, 1.807) is 6.92 Å². The first-order chi connectivity index (χ1) is 6.39. The van der Waals surface area contributed by atoms with Crippen LogP contribution in [0.25, 0.3) is 0 Å². The molecule has 2 rings (SSSR count). The van der Waals surface area contributed by atoms with Crippen LogP contribution in [0.3, 0.4) is 0 Å². The van der Waals surface area contributed by atoms with E-state index in [0.717, 1.165) is 11.8 Å². The van der Waals surface area contributed by atoms with Crippen molar-refractivity contribution in [3.8, 4) is 0 Å². The van der Waals surface area contributed by atoms with Gasteiger partial charge >= 0.3 is 0 Å². The summed E-state index contributed by atoms with van der Waals surface area (Å²) in [4.78, 5) is 11.3. The Morgan fingerprint density at radius 2 is 2.07 bits per heavy atom. The summed E-state index contributed by atoms with van der Waals surface area (Å²) in [5, 5.41) is 3.23. The standard InChI is InChI=1S/C12H21NO/c1-8-10-5-6-12(7-10,11(8,3)4)13-9(2)14/h8,10H,5-7H2,1-4H3,(H,13,14)/t8-,10-,12-/m1/s1. The summed E-state index contributed by atoms with van der Waals surface area (Å²) >= 11 is 0. The van der Waals surface area contributed by atoms with Crippen LogP contribution in [0.1, 0.15) is 47.0 Å². The van der Waals surface area contributed by atoms with Gasteiger partial charge in [0.25, 0.3) is 0 Å². The van der Waals surface area contributed by atoms with E-state index in [1.807, 2.05) is 0 Å². The number of hydrogen-bond acceptors (Lipinski definition) is 1. The van der Waals surface area contributed by atoms with Crippen LogP contribution in [0, 0.1) is 17.3 Å². The second-order valence-electron chi connectivity index (χ2n) is 5.78. The van der Waals surface area contributed by atoms with Gasteiger partial charge in [-0.1, -0.05) is 20.8 Å². The van der Waals surface area contributed by atoms with Crippen LogP contribution >= 0.6 is 0 Å². The summed E-state index contributed by atoms with van der Waals surface area (Å²) in [6, 6.07) is 0. The highest BCUT2D eigenvalue weighted by molar-refractivity contribution is 5.74. The van der Waals surface area contributed by atoms with E-state index >= 15 is 0 Å². The van der Waals surface area contributed by atoms with E-state index in [0.29, 0.717) is 0 Å². The van der Waals surface area contributed by atoms with Crippen molar-refractivity contribution >= 4 is 5.91 Å². The van der Waals surface area contributed by atoms with Crippen LogP contribution in [0.4, 0.5) is 0 Å². The average molecular weight is 195 g/mol. The van der Waals surface area contributed by atoms with Crippen molar-refractivity contribution in [3.63, 3.8) is 0 Å². The molecule has 1 amide bonds. The number of amides is 1. The Kier molecular flexibility index (Phi) is 1.96. The minimum Gasteiger partial charge on any atom is -0.350 e. The van der Waals surface area contributed by atoms with E-state index in [2.05, 4.69) is 26.1 Å². The summed E-state index contributed by atoms with van der Waals surface area (Å²) in [6.45, 7) is 8.61. The van der Waals surface area contributed by atoms with Gasteiger partial charge in [-0.15, -0.1) is 0 Å². The first-order valence-corrected chi connectivity index (χ1v) is 5.68. The number of carbonyl (C=O) groups excluding carboxylic acids is 1. The number of rotatable bonds is 1. The van der Waals surface area contributed by atoms with Gasteiger partial charge in [0.1, 0.15) is 0 Å². The predicted octanol–water partition coefficient (Wildman–Crippen LogP) is 2.34. The van der Waals surface area contributed by atoms with Crippen molar-refractivity contribution in [1.82, 2.24) is 5.32 Å². The molecular formula is C12H21NO. The Morgan fingerprint density at radius 1 is 1.43 bits per heavy atom. The zero-order valence-corrected chi connectivity index (χ0v) is 9.68. The molecule has 0 radical (unpaired) electrons. The maximum absolute atomic E-state index is 11.3. The second kappa shape index (κ2) is 2.74. The third-order valence-electron chi connectivity index (χ3n) is 5.05. The fraction of sp³-hybridized carbons (Fsp3) is 0.917. The van der Waals surface area contributed by atoms with E-state index in [4.69, 9.17) is 0 Å². The SMILES string of the molecule is CC(=O)N[C@]12CC[C@H](C1)[C@@H](C)C2(C)C. The third-order valence-corrected chi connectivity index (χ3v) is 5.05.